The summed E-state index contributed by atoms with van der Waals surface area (Å²) in [5.41, 5.74) is 4.77. The molecule has 6 nitrogen and oxygen atoms in total. The van der Waals surface area contributed by atoms with E-state index in [9.17, 15) is 4.79 Å². The topological polar surface area (TPSA) is 73.3 Å². The van der Waals surface area contributed by atoms with Gasteiger partial charge in [0.15, 0.2) is 0 Å². The Morgan fingerprint density at radius 2 is 2.03 bits per heavy atom. The first-order valence-electron chi connectivity index (χ1n) is 11.5. The van der Waals surface area contributed by atoms with Crippen molar-refractivity contribution in [1.29, 1.82) is 0 Å². The minimum Gasteiger partial charge on any atom is -0.481 e. The number of hydrogen-bond donors (Lipinski definition) is 1. The van der Waals surface area contributed by atoms with Crippen molar-refractivity contribution < 1.29 is 14.3 Å². The Bertz CT molecular complexity index is 911. The molecule has 0 unspecified atom stereocenters. The predicted molar refractivity (Wildman–Crippen MR) is 134 cm³/mol. The van der Waals surface area contributed by atoms with Gasteiger partial charge in [0.1, 0.15) is 6.29 Å². The quantitative estimate of drug-likeness (QED) is 0.383. The van der Waals surface area contributed by atoms with Gasteiger partial charge in [0.25, 0.3) is 0 Å². The third-order valence-electron chi connectivity index (χ3n) is 4.96. The van der Waals surface area contributed by atoms with E-state index in [1.165, 1.54) is 5.56 Å². The summed E-state index contributed by atoms with van der Waals surface area (Å²) < 4.78 is 10.3. The molecule has 0 saturated carbocycles. The van der Waals surface area contributed by atoms with Gasteiger partial charge < -0.3 is 14.8 Å². The highest BCUT2D eigenvalue weighted by Gasteiger charge is 2.12. The highest BCUT2D eigenvalue weighted by molar-refractivity contribution is 5.94. The zero-order valence-electron chi connectivity index (χ0n) is 19.9. The molecule has 33 heavy (non-hydrogen) atoms. The summed E-state index contributed by atoms with van der Waals surface area (Å²) in [4.78, 5) is 19.9. The molecule has 0 aromatic carbocycles. The lowest BCUT2D eigenvalue weighted by Crippen LogP contribution is -2.10. The van der Waals surface area contributed by atoms with E-state index in [2.05, 4.69) is 29.1 Å². The van der Waals surface area contributed by atoms with Crippen molar-refractivity contribution in [3.63, 3.8) is 0 Å². The number of hydrogen-bond acceptors (Lipinski definition) is 6. The van der Waals surface area contributed by atoms with Crippen LogP contribution in [0.5, 0.6) is 5.88 Å². The summed E-state index contributed by atoms with van der Waals surface area (Å²) >= 11 is 0. The van der Waals surface area contributed by atoms with Crippen molar-refractivity contribution in [2.75, 3.05) is 26.9 Å². The summed E-state index contributed by atoms with van der Waals surface area (Å²) in [7, 11) is 1.62. The monoisotopic (exact) mass is 449 g/mol. The van der Waals surface area contributed by atoms with E-state index >= 15 is 0 Å². The third kappa shape index (κ3) is 9.02. The molecule has 176 valence electrons. The van der Waals surface area contributed by atoms with Gasteiger partial charge in [0.05, 0.1) is 12.8 Å². The molecule has 6 heteroatoms. The highest BCUT2D eigenvalue weighted by atomic mass is 16.5. The van der Waals surface area contributed by atoms with E-state index in [0.29, 0.717) is 12.3 Å². The maximum atomic E-state index is 11.4. The van der Waals surface area contributed by atoms with Gasteiger partial charge >= 0.3 is 0 Å². The van der Waals surface area contributed by atoms with Crippen molar-refractivity contribution in [3.05, 3.63) is 77.4 Å². The van der Waals surface area contributed by atoms with E-state index in [1.54, 1.807) is 13.3 Å². The number of fused-ring (bicyclic) bond motifs is 1. The molecule has 2 aromatic rings. The molecule has 3 rings (SSSR count). The van der Waals surface area contributed by atoms with Crippen LogP contribution < -0.4 is 10.1 Å². The van der Waals surface area contributed by atoms with Crippen molar-refractivity contribution >= 4 is 17.9 Å². The van der Waals surface area contributed by atoms with E-state index in [4.69, 9.17) is 9.47 Å². The number of rotatable bonds is 11. The predicted octanol–water partition coefficient (Wildman–Crippen LogP) is 5.02. The number of aromatic nitrogens is 2. The second kappa shape index (κ2) is 15.5. The molecule has 0 bridgehead atoms. The molecule has 2 heterocycles. The molecule has 2 aromatic heterocycles. The SMILES string of the molecule is CCCOCCCN/C=C\C1=C(C=O)CC=Cc2cccnc21.CCc1ccc(OC)nc1. The van der Waals surface area contributed by atoms with Crippen LogP contribution >= 0.6 is 0 Å². The normalized spacial score (nSPS) is 12.6. The third-order valence-corrected chi connectivity index (χ3v) is 4.96. The number of carbonyl (C=O) groups is 1. The van der Waals surface area contributed by atoms with E-state index < -0.39 is 0 Å². The fraction of sp³-hybridized carbons (Fsp3) is 0.370. The molecule has 0 fully saturated rings. The molecular weight excluding hydrogens is 414 g/mol. The van der Waals surface area contributed by atoms with E-state index in [1.807, 2.05) is 54.9 Å². The Kier molecular flexibility index (Phi) is 12.2. The Hall–Kier alpha value is -3.25. The van der Waals surface area contributed by atoms with E-state index in [-0.39, 0.29) is 0 Å². The van der Waals surface area contributed by atoms with Gasteiger partial charge in [0.2, 0.25) is 5.88 Å². The standard InChI is InChI=1S/C19H24N2O2.C8H11NO/c1-2-13-23-14-5-10-20-12-9-18-17(15-22)7-3-6-16-8-4-11-21-19(16)18;1-3-7-4-5-8(10-2)9-6-7/h3-4,6,8-9,11-12,15,20H,2,5,7,10,13-14H2,1H3;4-6H,3H2,1-2H3/b12-9-;. The van der Waals surface area contributed by atoms with Crippen LogP contribution in [-0.2, 0) is 16.0 Å². The van der Waals surface area contributed by atoms with Crippen LogP contribution in [0.15, 0.2) is 60.6 Å². The Balaban J connectivity index is 0.000000321. The molecule has 0 amide bonds. The summed E-state index contributed by atoms with van der Waals surface area (Å²) in [6, 6.07) is 7.81. The number of carbonyl (C=O) groups excluding carboxylic acids is 1. The number of aldehydes is 1. The molecular formula is C27H35N3O3. The van der Waals surface area contributed by atoms with Crippen LogP contribution in [-0.4, -0.2) is 43.1 Å². The summed E-state index contributed by atoms with van der Waals surface area (Å²) in [6.07, 6.45) is 16.0. The van der Waals surface area contributed by atoms with Gasteiger partial charge in [-0.05, 0) is 49.6 Å². The molecule has 1 aliphatic carbocycles. The van der Waals surface area contributed by atoms with Crippen LogP contribution in [0.1, 0.15) is 49.9 Å². The van der Waals surface area contributed by atoms with Gasteiger partial charge in [-0.3, -0.25) is 9.78 Å². The lowest BCUT2D eigenvalue weighted by atomic mass is 10.0. The second-order valence-corrected chi connectivity index (χ2v) is 7.42. The molecule has 0 spiro atoms. The first-order valence-corrected chi connectivity index (χ1v) is 11.5. The maximum Gasteiger partial charge on any atom is 0.212 e. The zero-order valence-corrected chi connectivity index (χ0v) is 19.9. The average molecular weight is 450 g/mol. The number of ether oxygens (including phenoxy) is 2. The van der Waals surface area contributed by atoms with Gasteiger partial charge in [-0.15, -0.1) is 0 Å². The summed E-state index contributed by atoms with van der Waals surface area (Å²) in [5, 5.41) is 3.25. The number of aryl methyl sites for hydroxylation is 1. The van der Waals surface area contributed by atoms with Crippen molar-refractivity contribution in [2.24, 2.45) is 0 Å². The summed E-state index contributed by atoms with van der Waals surface area (Å²) in [6.45, 7) is 6.64. The maximum absolute atomic E-state index is 11.4. The molecule has 0 aliphatic heterocycles. The van der Waals surface area contributed by atoms with Crippen molar-refractivity contribution in [3.8, 4) is 5.88 Å². The van der Waals surface area contributed by atoms with Crippen molar-refractivity contribution in [2.45, 2.75) is 39.5 Å². The molecule has 0 radical (unpaired) electrons. The van der Waals surface area contributed by atoms with Crippen LogP contribution in [0.4, 0.5) is 0 Å². The van der Waals surface area contributed by atoms with E-state index in [0.717, 1.165) is 67.7 Å². The first-order chi connectivity index (χ1) is 16.2. The van der Waals surface area contributed by atoms with Gasteiger partial charge in [0, 0.05) is 54.9 Å². The first kappa shape index (κ1) is 26.0. The minimum absolute atomic E-state index is 0.629. The average Bonchev–Trinajstić information content (AvgIpc) is 3.05. The second-order valence-electron chi connectivity index (χ2n) is 7.42. The fourth-order valence-corrected chi connectivity index (χ4v) is 3.14. The molecule has 1 N–H and O–H groups in total. The lowest BCUT2D eigenvalue weighted by molar-refractivity contribution is -0.104. The largest absolute Gasteiger partial charge is 0.481 e. The van der Waals surface area contributed by atoms with Gasteiger partial charge in [-0.2, -0.15) is 0 Å². The van der Waals surface area contributed by atoms with Crippen LogP contribution in [0, 0.1) is 0 Å². The summed E-state index contributed by atoms with van der Waals surface area (Å²) in [5.74, 6) is 0.678. The number of nitrogens with zero attached hydrogens (tertiary/aromatic N) is 2. The Morgan fingerprint density at radius 1 is 1.15 bits per heavy atom. The molecule has 1 aliphatic rings. The number of allylic oxidation sites excluding steroid dienone is 4. The number of pyridine rings is 2. The van der Waals surface area contributed by atoms with Gasteiger partial charge in [-0.1, -0.05) is 38.1 Å². The lowest BCUT2D eigenvalue weighted by Gasteiger charge is -2.07. The Morgan fingerprint density at radius 3 is 2.73 bits per heavy atom. The smallest absolute Gasteiger partial charge is 0.212 e. The fourth-order valence-electron chi connectivity index (χ4n) is 3.14. The van der Waals surface area contributed by atoms with Gasteiger partial charge in [-0.25, -0.2) is 4.98 Å². The molecule has 0 atom stereocenters. The minimum atomic E-state index is 0.629. The van der Waals surface area contributed by atoms with Crippen LogP contribution in [0.2, 0.25) is 0 Å². The zero-order chi connectivity index (χ0) is 23.7. The number of nitrogens with one attached hydrogen (secondary N) is 1. The Labute approximate surface area is 197 Å². The number of methoxy groups -OCH3 is 1. The highest BCUT2D eigenvalue weighted by Crippen LogP contribution is 2.27. The van der Waals surface area contributed by atoms with Crippen LogP contribution in [0.3, 0.4) is 0 Å². The molecule has 0 saturated heterocycles. The van der Waals surface area contributed by atoms with Crippen LogP contribution in [0.25, 0.3) is 11.6 Å². The van der Waals surface area contributed by atoms with Crippen molar-refractivity contribution in [1.82, 2.24) is 15.3 Å².